The van der Waals surface area contributed by atoms with Crippen LogP contribution in [0.1, 0.15) is 24.0 Å². The van der Waals surface area contributed by atoms with E-state index in [4.69, 9.17) is 14.7 Å². The molecule has 1 saturated heterocycles. The summed E-state index contributed by atoms with van der Waals surface area (Å²) in [5, 5.41) is 9.72. The first-order chi connectivity index (χ1) is 8.83. The first kappa shape index (κ1) is 13.3. The van der Waals surface area contributed by atoms with Crippen molar-refractivity contribution in [3.05, 3.63) is 29.3 Å². The van der Waals surface area contributed by atoms with Crippen LogP contribution < -0.4 is 4.74 Å². The lowest BCUT2D eigenvalue weighted by Gasteiger charge is -2.21. The number of thioether (sulfide) groups is 1. The Morgan fingerprint density at radius 3 is 2.89 bits per heavy atom. The number of ether oxygens (including phenoxy) is 2. The van der Waals surface area contributed by atoms with Gasteiger partial charge in [-0.2, -0.15) is 17.0 Å². The smallest absolute Gasteiger partial charge is 0.136 e. The molecule has 18 heavy (non-hydrogen) atoms. The quantitative estimate of drug-likeness (QED) is 0.837. The van der Waals surface area contributed by atoms with Gasteiger partial charge in [0.15, 0.2) is 0 Å². The molecule has 0 unspecified atom stereocenters. The predicted molar refractivity (Wildman–Crippen MR) is 72.8 cm³/mol. The van der Waals surface area contributed by atoms with Gasteiger partial charge < -0.3 is 9.47 Å². The van der Waals surface area contributed by atoms with Gasteiger partial charge in [0.05, 0.1) is 12.7 Å². The fraction of sp³-hybridized carbons (Fsp3) is 0.500. The molecule has 0 N–H and O–H groups in total. The molecule has 1 aliphatic rings. The molecule has 96 valence electrons. The third-order valence-electron chi connectivity index (χ3n) is 3.04. The molecule has 1 aliphatic heterocycles. The molecule has 0 atom stereocenters. The fourth-order valence-corrected chi connectivity index (χ4v) is 3.12. The molecule has 0 saturated carbocycles. The van der Waals surface area contributed by atoms with Crippen LogP contribution in [-0.2, 0) is 10.5 Å². The Bertz CT molecular complexity index is 436. The second kappa shape index (κ2) is 6.67. The van der Waals surface area contributed by atoms with Gasteiger partial charge in [0.2, 0.25) is 0 Å². The number of benzene rings is 1. The Hall–Kier alpha value is -1.18. The zero-order valence-electron chi connectivity index (χ0n) is 10.5. The zero-order valence-corrected chi connectivity index (χ0v) is 11.3. The van der Waals surface area contributed by atoms with Crippen molar-refractivity contribution in [1.29, 1.82) is 5.26 Å². The summed E-state index contributed by atoms with van der Waals surface area (Å²) in [4.78, 5) is 0. The Labute approximate surface area is 112 Å². The van der Waals surface area contributed by atoms with E-state index in [0.717, 1.165) is 31.8 Å². The second-order valence-corrected chi connectivity index (χ2v) is 5.56. The molecular formula is C14H17NO2S. The summed E-state index contributed by atoms with van der Waals surface area (Å²) in [7, 11) is 1.59. The van der Waals surface area contributed by atoms with Crippen molar-refractivity contribution in [1.82, 2.24) is 0 Å². The van der Waals surface area contributed by atoms with E-state index >= 15 is 0 Å². The lowest BCUT2D eigenvalue weighted by atomic mass is 10.1. The van der Waals surface area contributed by atoms with Gasteiger partial charge in [-0.15, -0.1) is 0 Å². The number of nitriles is 1. The largest absolute Gasteiger partial charge is 0.495 e. The van der Waals surface area contributed by atoms with E-state index in [0.29, 0.717) is 16.6 Å². The van der Waals surface area contributed by atoms with Crippen LogP contribution in [0.3, 0.4) is 0 Å². The molecule has 1 aromatic carbocycles. The van der Waals surface area contributed by atoms with Gasteiger partial charge in [0.25, 0.3) is 0 Å². The Balaban J connectivity index is 1.95. The fourth-order valence-electron chi connectivity index (χ4n) is 1.99. The molecule has 4 heteroatoms. The highest BCUT2D eigenvalue weighted by Gasteiger charge is 2.14. The Kier molecular flexibility index (Phi) is 4.91. The molecule has 0 radical (unpaired) electrons. The highest BCUT2D eigenvalue weighted by atomic mass is 32.2. The predicted octanol–water partition coefficient (Wildman–Crippen LogP) is 2.98. The molecule has 2 rings (SSSR count). The lowest BCUT2D eigenvalue weighted by molar-refractivity contribution is 0.1000. The van der Waals surface area contributed by atoms with Crippen molar-refractivity contribution >= 4 is 11.8 Å². The average Bonchev–Trinajstić information content (AvgIpc) is 2.45. The van der Waals surface area contributed by atoms with Gasteiger partial charge in [-0.1, -0.05) is 6.07 Å². The minimum absolute atomic E-state index is 0.613. The molecule has 0 amide bonds. The van der Waals surface area contributed by atoms with E-state index in [9.17, 15) is 0 Å². The summed E-state index contributed by atoms with van der Waals surface area (Å²) in [5.41, 5.74) is 1.80. The van der Waals surface area contributed by atoms with Crippen LogP contribution in [-0.4, -0.2) is 25.6 Å². The minimum Gasteiger partial charge on any atom is -0.495 e. The maximum Gasteiger partial charge on any atom is 0.136 e. The molecule has 0 bridgehead atoms. The SMILES string of the molecule is COc1ccc(CSC2CCOCC2)cc1C#N. The maximum absolute atomic E-state index is 9.04. The topological polar surface area (TPSA) is 42.2 Å². The van der Waals surface area contributed by atoms with Crippen LogP contribution in [0.15, 0.2) is 18.2 Å². The van der Waals surface area contributed by atoms with Crippen molar-refractivity contribution in [3.8, 4) is 11.8 Å². The van der Waals surface area contributed by atoms with Crippen LogP contribution >= 0.6 is 11.8 Å². The highest BCUT2D eigenvalue weighted by Crippen LogP contribution is 2.27. The van der Waals surface area contributed by atoms with E-state index in [1.165, 1.54) is 5.56 Å². The van der Waals surface area contributed by atoms with E-state index in [1.807, 2.05) is 30.0 Å². The molecular weight excluding hydrogens is 246 g/mol. The summed E-state index contributed by atoms with van der Waals surface area (Å²) in [5.74, 6) is 1.60. The van der Waals surface area contributed by atoms with Crippen molar-refractivity contribution < 1.29 is 9.47 Å². The molecule has 1 heterocycles. The summed E-state index contributed by atoms with van der Waals surface area (Å²) < 4.78 is 10.5. The van der Waals surface area contributed by atoms with Crippen molar-refractivity contribution in [3.63, 3.8) is 0 Å². The van der Waals surface area contributed by atoms with Gasteiger partial charge >= 0.3 is 0 Å². The first-order valence-electron chi connectivity index (χ1n) is 6.10. The zero-order chi connectivity index (χ0) is 12.8. The lowest BCUT2D eigenvalue weighted by Crippen LogP contribution is -2.17. The summed E-state index contributed by atoms with van der Waals surface area (Å²) in [6, 6.07) is 8.00. The number of hydrogen-bond acceptors (Lipinski definition) is 4. The molecule has 0 spiro atoms. The average molecular weight is 263 g/mol. The van der Waals surface area contributed by atoms with Crippen molar-refractivity contribution in [2.45, 2.75) is 23.8 Å². The third-order valence-corrected chi connectivity index (χ3v) is 4.48. The third kappa shape index (κ3) is 3.41. The monoisotopic (exact) mass is 263 g/mol. The van der Waals surface area contributed by atoms with Gasteiger partial charge in [-0.3, -0.25) is 0 Å². The Morgan fingerprint density at radius 2 is 2.22 bits per heavy atom. The number of nitrogens with zero attached hydrogens (tertiary/aromatic N) is 1. The van der Waals surface area contributed by atoms with Crippen LogP contribution in [0.4, 0.5) is 0 Å². The van der Waals surface area contributed by atoms with Crippen LogP contribution in [0, 0.1) is 11.3 Å². The standard InChI is InChI=1S/C14H17NO2S/c1-16-14-3-2-11(8-12(14)9-15)10-18-13-4-6-17-7-5-13/h2-3,8,13H,4-7,10H2,1H3. The van der Waals surface area contributed by atoms with E-state index in [-0.39, 0.29) is 0 Å². The summed E-state index contributed by atoms with van der Waals surface area (Å²) >= 11 is 1.95. The van der Waals surface area contributed by atoms with E-state index in [1.54, 1.807) is 7.11 Å². The molecule has 0 aromatic heterocycles. The number of methoxy groups -OCH3 is 1. The molecule has 1 aromatic rings. The number of hydrogen-bond donors (Lipinski definition) is 0. The number of rotatable bonds is 4. The van der Waals surface area contributed by atoms with Gasteiger partial charge in [-0.25, -0.2) is 0 Å². The van der Waals surface area contributed by atoms with Crippen LogP contribution in [0.2, 0.25) is 0 Å². The van der Waals surface area contributed by atoms with E-state index in [2.05, 4.69) is 6.07 Å². The first-order valence-corrected chi connectivity index (χ1v) is 7.14. The van der Waals surface area contributed by atoms with Crippen LogP contribution in [0.25, 0.3) is 0 Å². The molecule has 1 fully saturated rings. The summed E-state index contributed by atoms with van der Waals surface area (Å²) in [6.45, 7) is 1.76. The highest BCUT2D eigenvalue weighted by molar-refractivity contribution is 7.99. The van der Waals surface area contributed by atoms with Gasteiger partial charge in [-0.05, 0) is 30.5 Å². The maximum atomic E-state index is 9.04. The molecule has 3 nitrogen and oxygen atoms in total. The molecule has 0 aliphatic carbocycles. The minimum atomic E-state index is 0.613. The normalized spacial score (nSPS) is 16.2. The van der Waals surface area contributed by atoms with Crippen molar-refractivity contribution in [2.75, 3.05) is 20.3 Å². The Morgan fingerprint density at radius 1 is 1.44 bits per heavy atom. The van der Waals surface area contributed by atoms with Gasteiger partial charge in [0.1, 0.15) is 11.8 Å². The van der Waals surface area contributed by atoms with Crippen LogP contribution in [0.5, 0.6) is 5.75 Å². The second-order valence-electron chi connectivity index (χ2n) is 4.27. The van der Waals surface area contributed by atoms with Crippen molar-refractivity contribution in [2.24, 2.45) is 0 Å². The van der Waals surface area contributed by atoms with E-state index < -0.39 is 0 Å². The van der Waals surface area contributed by atoms with Gasteiger partial charge in [0, 0.05) is 24.2 Å². The summed E-state index contributed by atoms with van der Waals surface area (Å²) in [6.07, 6.45) is 2.26.